The van der Waals surface area contributed by atoms with Crippen molar-refractivity contribution in [1.82, 2.24) is 20.3 Å². The Kier molecular flexibility index (Phi) is 6.57. The van der Waals surface area contributed by atoms with Crippen LogP contribution < -0.4 is 15.4 Å². The Morgan fingerprint density at radius 1 is 1.12 bits per heavy atom. The predicted molar refractivity (Wildman–Crippen MR) is 101 cm³/mol. The third-order valence-electron chi connectivity index (χ3n) is 5.64. The minimum Gasteiger partial charge on any atom is -0.355 e. The van der Waals surface area contributed by atoms with Crippen LogP contribution >= 0.6 is 0 Å². The first-order valence-corrected chi connectivity index (χ1v) is 11.4. The maximum atomic E-state index is 12.0. The Balaban J connectivity index is 1.31. The van der Waals surface area contributed by atoms with Gasteiger partial charge in [0, 0.05) is 45.3 Å². The molecule has 0 bridgehead atoms. The third-order valence-corrected chi connectivity index (χ3v) is 6.99. The molecule has 1 saturated heterocycles. The van der Waals surface area contributed by atoms with Crippen LogP contribution in [0, 0.1) is 5.92 Å². The molecule has 1 aliphatic heterocycles. The van der Waals surface area contributed by atoms with Gasteiger partial charge in [0.05, 0.1) is 5.75 Å². The fraction of sp³-hybridized carbons (Fsp3) is 0.941. The molecule has 0 unspecified atom stereocenters. The fourth-order valence-corrected chi connectivity index (χ4v) is 4.56. The minimum atomic E-state index is -3.20. The number of rotatable bonds is 8. The molecule has 8 heteroatoms. The molecule has 1 heterocycles. The van der Waals surface area contributed by atoms with Crippen molar-refractivity contribution in [3.8, 4) is 0 Å². The van der Waals surface area contributed by atoms with Gasteiger partial charge in [-0.3, -0.25) is 4.99 Å². The SMILES string of the molecule is CN=C(NCCS(=O)(=O)NCC1CCC1)NC1CCN(C2CC2)CC1. The lowest BCUT2D eigenvalue weighted by molar-refractivity contribution is 0.197. The number of aliphatic imine (C=N–C) groups is 1. The molecule has 2 aliphatic carbocycles. The molecule has 25 heavy (non-hydrogen) atoms. The molecular formula is C17H33N5O2S. The highest BCUT2D eigenvalue weighted by Crippen LogP contribution is 2.29. The van der Waals surface area contributed by atoms with Crippen molar-refractivity contribution in [1.29, 1.82) is 0 Å². The molecule has 0 aromatic carbocycles. The normalized spacial score (nSPS) is 24.1. The number of nitrogens with one attached hydrogen (secondary N) is 3. The molecule has 0 atom stereocenters. The smallest absolute Gasteiger partial charge is 0.213 e. The second-order valence-corrected chi connectivity index (χ2v) is 9.58. The van der Waals surface area contributed by atoms with E-state index in [-0.39, 0.29) is 5.75 Å². The van der Waals surface area contributed by atoms with Crippen molar-refractivity contribution >= 4 is 16.0 Å². The number of nitrogens with zero attached hydrogens (tertiary/aromatic N) is 2. The average molecular weight is 372 g/mol. The topological polar surface area (TPSA) is 85.8 Å². The van der Waals surface area contributed by atoms with Gasteiger partial charge < -0.3 is 15.5 Å². The summed E-state index contributed by atoms with van der Waals surface area (Å²) in [6, 6.07) is 1.27. The second kappa shape index (κ2) is 8.68. The Morgan fingerprint density at radius 3 is 2.40 bits per heavy atom. The highest BCUT2D eigenvalue weighted by atomic mass is 32.2. The van der Waals surface area contributed by atoms with E-state index in [1.165, 1.54) is 19.3 Å². The number of hydrogen-bond donors (Lipinski definition) is 3. The average Bonchev–Trinajstić information content (AvgIpc) is 3.37. The monoisotopic (exact) mass is 371 g/mol. The highest BCUT2D eigenvalue weighted by molar-refractivity contribution is 7.89. The van der Waals surface area contributed by atoms with Crippen molar-refractivity contribution < 1.29 is 8.42 Å². The molecule has 0 amide bonds. The van der Waals surface area contributed by atoms with E-state index >= 15 is 0 Å². The van der Waals surface area contributed by atoms with Crippen molar-refractivity contribution in [2.45, 2.75) is 57.0 Å². The van der Waals surface area contributed by atoms with Crippen LogP contribution in [0.4, 0.5) is 0 Å². The second-order valence-electron chi connectivity index (χ2n) is 7.65. The van der Waals surface area contributed by atoms with Crippen LogP contribution in [-0.2, 0) is 10.0 Å². The van der Waals surface area contributed by atoms with Crippen LogP contribution in [0.1, 0.15) is 44.9 Å². The standard InChI is InChI=1S/C17H33N5O2S/c1-18-17(21-15-7-10-22(11-8-15)16-5-6-16)19-9-12-25(23,24)20-13-14-3-2-4-14/h14-16,20H,2-13H2,1H3,(H2,18,19,21). The number of likely N-dealkylation sites (tertiary alicyclic amines) is 1. The lowest BCUT2D eigenvalue weighted by Crippen LogP contribution is -2.50. The van der Waals surface area contributed by atoms with Crippen LogP contribution in [0.2, 0.25) is 0 Å². The van der Waals surface area contributed by atoms with Crippen LogP contribution in [0.25, 0.3) is 0 Å². The summed E-state index contributed by atoms with van der Waals surface area (Å²) in [5, 5.41) is 6.58. The van der Waals surface area contributed by atoms with E-state index in [9.17, 15) is 8.42 Å². The number of guanidine groups is 1. The van der Waals surface area contributed by atoms with Crippen LogP contribution in [0.3, 0.4) is 0 Å². The van der Waals surface area contributed by atoms with Gasteiger partial charge in [0.15, 0.2) is 5.96 Å². The quantitative estimate of drug-likeness (QED) is 0.427. The molecule has 7 nitrogen and oxygen atoms in total. The lowest BCUT2D eigenvalue weighted by atomic mass is 9.86. The van der Waals surface area contributed by atoms with E-state index in [4.69, 9.17) is 0 Å². The summed E-state index contributed by atoms with van der Waals surface area (Å²) in [4.78, 5) is 6.82. The van der Waals surface area contributed by atoms with Crippen molar-refractivity contribution in [3.05, 3.63) is 0 Å². The first kappa shape index (κ1) is 18.9. The number of piperidine rings is 1. The molecular weight excluding hydrogens is 338 g/mol. The van der Waals surface area contributed by atoms with E-state index < -0.39 is 10.0 Å². The van der Waals surface area contributed by atoms with Gasteiger partial charge in [-0.05, 0) is 44.4 Å². The van der Waals surface area contributed by atoms with Gasteiger partial charge in [-0.2, -0.15) is 0 Å². The molecule has 3 rings (SSSR count). The van der Waals surface area contributed by atoms with E-state index in [0.717, 1.165) is 44.8 Å². The maximum absolute atomic E-state index is 12.0. The van der Waals surface area contributed by atoms with Gasteiger partial charge in [0.25, 0.3) is 0 Å². The zero-order chi connectivity index (χ0) is 17.7. The number of sulfonamides is 1. The third kappa shape index (κ3) is 6.11. The Labute approximate surface area is 152 Å². The first-order valence-electron chi connectivity index (χ1n) is 9.74. The van der Waals surface area contributed by atoms with Crippen LogP contribution in [-0.4, -0.2) is 70.3 Å². The number of hydrogen-bond acceptors (Lipinski definition) is 4. The summed E-state index contributed by atoms with van der Waals surface area (Å²) < 4.78 is 26.8. The fourth-order valence-electron chi connectivity index (χ4n) is 3.55. The lowest BCUT2D eigenvalue weighted by Gasteiger charge is -2.33. The first-order chi connectivity index (χ1) is 12.1. The van der Waals surface area contributed by atoms with Gasteiger partial charge in [0.1, 0.15) is 0 Å². The highest BCUT2D eigenvalue weighted by Gasteiger charge is 2.31. The van der Waals surface area contributed by atoms with Crippen molar-refractivity contribution in [2.75, 3.05) is 39.0 Å². The molecule has 0 aromatic heterocycles. The molecule has 0 aromatic rings. The molecule has 144 valence electrons. The molecule has 2 saturated carbocycles. The van der Waals surface area contributed by atoms with Gasteiger partial charge in [-0.1, -0.05) is 6.42 Å². The molecule has 3 N–H and O–H groups in total. The van der Waals surface area contributed by atoms with E-state index in [2.05, 4.69) is 25.2 Å². The maximum Gasteiger partial charge on any atom is 0.213 e. The Bertz CT molecular complexity index is 549. The van der Waals surface area contributed by atoms with E-state index in [1.54, 1.807) is 7.05 Å². The van der Waals surface area contributed by atoms with Crippen LogP contribution in [0.15, 0.2) is 4.99 Å². The zero-order valence-corrected chi connectivity index (χ0v) is 16.2. The minimum absolute atomic E-state index is 0.0839. The summed E-state index contributed by atoms with van der Waals surface area (Å²) in [5.41, 5.74) is 0. The van der Waals surface area contributed by atoms with E-state index in [1.807, 2.05) is 0 Å². The molecule has 3 fully saturated rings. The summed E-state index contributed by atoms with van der Waals surface area (Å²) >= 11 is 0. The van der Waals surface area contributed by atoms with Gasteiger partial charge in [-0.15, -0.1) is 0 Å². The van der Waals surface area contributed by atoms with Crippen molar-refractivity contribution in [3.63, 3.8) is 0 Å². The predicted octanol–water partition coefficient (Wildman–Crippen LogP) is 0.498. The largest absolute Gasteiger partial charge is 0.355 e. The zero-order valence-electron chi connectivity index (χ0n) is 15.3. The van der Waals surface area contributed by atoms with E-state index in [0.29, 0.717) is 31.0 Å². The molecule has 0 spiro atoms. The Morgan fingerprint density at radius 2 is 1.84 bits per heavy atom. The van der Waals surface area contributed by atoms with Crippen LogP contribution in [0.5, 0.6) is 0 Å². The summed E-state index contributed by atoms with van der Waals surface area (Å²) in [6.07, 6.45) is 8.51. The summed E-state index contributed by atoms with van der Waals surface area (Å²) in [7, 11) is -1.47. The van der Waals surface area contributed by atoms with Gasteiger partial charge in [0.2, 0.25) is 10.0 Å². The summed E-state index contributed by atoms with van der Waals surface area (Å²) in [6.45, 7) is 3.27. The summed E-state index contributed by atoms with van der Waals surface area (Å²) in [5.74, 6) is 1.33. The molecule has 3 aliphatic rings. The van der Waals surface area contributed by atoms with Gasteiger partial charge in [-0.25, -0.2) is 13.1 Å². The Hall–Kier alpha value is -0.860. The van der Waals surface area contributed by atoms with Crippen molar-refractivity contribution in [2.24, 2.45) is 10.9 Å². The van der Waals surface area contributed by atoms with Gasteiger partial charge >= 0.3 is 0 Å². The molecule has 0 radical (unpaired) electrons.